The molecular weight excluding hydrogens is 685 g/mol. The maximum absolute atomic E-state index is 14.8. The minimum absolute atomic E-state index is 0.0159. The second kappa shape index (κ2) is 15.3. The molecule has 1 aliphatic rings. The van der Waals surface area contributed by atoms with Crippen molar-refractivity contribution in [3.05, 3.63) is 148 Å². The van der Waals surface area contributed by atoms with Gasteiger partial charge in [-0.25, -0.2) is 4.98 Å². The van der Waals surface area contributed by atoms with Crippen molar-refractivity contribution >= 4 is 16.9 Å². The van der Waals surface area contributed by atoms with Crippen LogP contribution in [0, 0.1) is 16.2 Å². The lowest BCUT2D eigenvalue weighted by atomic mass is 9.80. The summed E-state index contributed by atoms with van der Waals surface area (Å²) in [5, 5.41) is 22.3. The van der Waals surface area contributed by atoms with Gasteiger partial charge in [0, 0.05) is 25.0 Å². The highest BCUT2D eigenvalue weighted by Gasteiger charge is 2.42. The van der Waals surface area contributed by atoms with E-state index in [2.05, 4.69) is 15.0 Å². The Morgan fingerprint density at radius 2 is 1.53 bits per heavy atom. The number of non-ortho nitro benzene ring substituents is 1. The molecule has 0 unspecified atom stereocenters. The van der Waals surface area contributed by atoms with E-state index in [1.54, 1.807) is 30.9 Å². The van der Waals surface area contributed by atoms with Gasteiger partial charge >= 0.3 is 6.08 Å². The summed E-state index contributed by atoms with van der Waals surface area (Å²) in [6.45, 7) is 0.0947. The van der Waals surface area contributed by atoms with Gasteiger partial charge in [0.05, 0.1) is 44.8 Å². The molecule has 0 amide bonds. The predicted molar refractivity (Wildman–Crippen MR) is 190 cm³/mol. The first-order valence-electron chi connectivity index (χ1n) is 16.9. The molecule has 0 radical (unpaired) electrons. The van der Waals surface area contributed by atoms with Crippen LogP contribution in [0.5, 0.6) is 17.4 Å². The number of nitrogens with zero attached hydrogens (tertiary/aromatic N) is 5. The van der Waals surface area contributed by atoms with Crippen LogP contribution in [-0.4, -0.2) is 69.2 Å². The van der Waals surface area contributed by atoms with Crippen LogP contribution in [0.25, 0.3) is 11.2 Å². The lowest BCUT2D eigenvalue weighted by Crippen LogP contribution is -2.38. The first kappa shape index (κ1) is 35.4. The van der Waals surface area contributed by atoms with E-state index in [1.165, 1.54) is 18.5 Å². The Labute approximate surface area is 303 Å². The fourth-order valence-corrected chi connectivity index (χ4v) is 6.54. The van der Waals surface area contributed by atoms with Gasteiger partial charge in [0.2, 0.25) is 5.88 Å². The third kappa shape index (κ3) is 7.24. The average Bonchev–Trinajstić information content (AvgIpc) is 3.78. The molecule has 1 fully saturated rings. The second-order valence-corrected chi connectivity index (χ2v) is 12.4. The minimum Gasteiger partial charge on any atom is -0.497 e. The van der Waals surface area contributed by atoms with E-state index >= 15 is 0 Å². The smallest absolute Gasteiger partial charge is 0.314 e. The molecule has 0 bridgehead atoms. The number of aliphatic hydroxyl groups is 1. The molecule has 0 aliphatic carbocycles. The van der Waals surface area contributed by atoms with Crippen molar-refractivity contribution in [3.63, 3.8) is 0 Å². The third-order valence-corrected chi connectivity index (χ3v) is 9.29. The maximum Gasteiger partial charge on any atom is 0.314 e. The molecule has 2 aromatic heterocycles. The zero-order valence-electron chi connectivity index (χ0n) is 28.9. The SMILES string of the molecule is COc1ccc(C(OC[C@H]2O[C@@H](n3cnc4c(OCCc5ccc([N+](=O)[O-])cc5)nc(F)nc43)C[C@@H]2O)(c2ccccc2)c2ccc(OC)cc2)cc1. The largest absolute Gasteiger partial charge is 0.497 e. The van der Waals surface area contributed by atoms with Gasteiger partial charge in [-0.05, 0) is 46.5 Å². The van der Waals surface area contributed by atoms with E-state index in [-0.39, 0.29) is 42.4 Å². The van der Waals surface area contributed by atoms with Gasteiger partial charge < -0.3 is 28.8 Å². The number of fused-ring (bicyclic) bond motifs is 1. The Kier molecular flexibility index (Phi) is 10.3. The Bertz CT molecular complexity index is 2120. The highest BCUT2D eigenvalue weighted by molar-refractivity contribution is 5.76. The zero-order chi connectivity index (χ0) is 37.0. The van der Waals surface area contributed by atoms with E-state index in [0.29, 0.717) is 17.9 Å². The third-order valence-electron chi connectivity index (χ3n) is 9.29. The Hall–Kier alpha value is -5.96. The standard InChI is InChI=1S/C39H36FN5O8/c1-49-30-16-10-27(11-17-30)39(26-6-4-3-5-7-26,28-12-18-31(50-2)19-13-28)52-23-33-32(46)22-34(53-33)44-24-41-35-36(44)42-38(40)43-37(35)51-21-20-25-8-14-29(15-9-25)45(47)48/h3-19,24,32-34,46H,20-23H2,1-2H3/t32-,33+,34+/m0/s1. The van der Waals surface area contributed by atoms with Gasteiger partial charge in [-0.2, -0.15) is 14.4 Å². The molecule has 0 spiro atoms. The first-order chi connectivity index (χ1) is 25.8. The van der Waals surface area contributed by atoms with Crippen LogP contribution in [0.1, 0.15) is 34.9 Å². The summed E-state index contributed by atoms with van der Waals surface area (Å²) < 4.78 is 46.3. The maximum atomic E-state index is 14.8. The second-order valence-electron chi connectivity index (χ2n) is 12.4. The number of methoxy groups -OCH3 is 2. The van der Waals surface area contributed by atoms with Crippen molar-refractivity contribution in [2.24, 2.45) is 0 Å². The Morgan fingerprint density at radius 1 is 0.906 bits per heavy atom. The normalized spacial score (nSPS) is 17.2. The number of hydrogen-bond donors (Lipinski definition) is 1. The predicted octanol–water partition coefficient (Wildman–Crippen LogP) is 6.17. The highest BCUT2D eigenvalue weighted by Crippen LogP contribution is 2.43. The molecule has 14 heteroatoms. The lowest BCUT2D eigenvalue weighted by molar-refractivity contribution is -0.384. The molecule has 1 N–H and O–H groups in total. The van der Waals surface area contributed by atoms with Gasteiger partial charge in [-0.3, -0.25) is 14.7 Å². The number of halogens is 1. The van der Waals surface area contributed by atoms with Gasteiger partial charge in [0.15, 0.2) is 11.2 Å². The van der Waals surface area contributed by atoms with Gasteiger partial charge in [0.1, 0.15) is 29.4 Å². The fraction of sp³-hybridized carbons (Fsp3) is 0.256. The molecule has 272 valence electrons. The summed E-state index contributed by atoms with van der Waals surface area (Å²) in [6.07, 6.45) is -1.49. The van der Waals surface area contributed by atoms with Crippen molar-refractivity contribution in [1.82, 2.24) is 19.5 Å². The summed E-state index contributed by atoms with van der Waals surface area (Å²) in [6, 6.07) is 31.1. The number of rotatable bonds is 14. The van der Waals surface area contributed by atoms with Crippen LogP contribution in [-0.2, 0) is 21.5 Å². The molecule has 0 saturated carbocycles. The number of imidazole rings is 1. The summed E-state index contributed by atoms with van der Waals surface area (Å²) in [5.41, 5.74) is 2.52. The fourth-order valence-electron chi connectivity index (χ4n) is 6.54. The van der Waals surface area contributed by atoms with Crippen LogP contribution in [0.15, 0.2) is 109 Å². The van der Waals surface area contributed by atoms with E-state index < -0.39 is 35.0 Å². The summed E-state index contributed by atoms with van der Waals surface area (Å²) in [5.74, 6) is 1.32. The van der Waals surface area contributed by atoms with Crippen molar-refractivity contribution in [2.75, 3.05) is 27.4 Å². The van der Waals surface area contributed by atoms with Crippen LogP contribution >= 0.6 is 0 Å². The van der Waals surface area contributed by atoms with Gasteiger partial charge in [-0.15, -0.1) is 0 Å². The van der Waals surface area contributed by atoms with Crippen LogP contribution < -0.4 is 14.2 Å². The quantitative estimate of drug-likeness (QED) is 0.0595. The monoisotopic (exact) mass is 721 g/mol. The molecular formula is C39H36FN5O8. The van der Waals surface area contributed by atoms with Gasteiger partial charge in [0.25, 0.3) is 5.69 Å². The number of nitro groups is 1. The van der Waals surface area contributed by atoms with Crippen molar-refractivity contribution < 1.29 is 38.1 Å². The van der Waals surface area contributed by atoms with Gasteiger partial charge in [-0.1, -0.05) is 66.7 Å². The minimum atomic E-state index is -1.13. The van der Waals surface area contributed by atoms with E-state index in [4.69, 9.17) is 23.7 Å². The molecule has 1 saturated heterocycles. The number of nitro benzene ring substituents is 1. The molecule has 13 nitrogen and oxygen atoms in total. The molecule has 3 heterocycles. The number of aliphatic hydroxyl groups excluding tert-OH is 1. The molecule has 4 aromatic carbocycles. The number of ether oxygens (including phenoxy) is 5. The van der Waals surface area contributed by atoms with Crippen molar-refractivity contribution in [3.8, 4) is 17.4 Å². The highest BCUT2D eigenvalue weighted by atomic mass is 19.1. The van der Waals surface area contributed by atoms with Crippen LogP contribution in [0.2, 0.25) is 0 Å². The summed E-state index contributed by atoms with van der Waals surface area (Å²) in [4.78, 5) is 22.7. The average molecular weight is 722 g/mol. The van der Waals surface area contributed by atoms with Crippen LogP contribution in [0.4, 0.5) is 10.1 Å². The Morgan fingerprint density at radius 3 is 2.13 bits per heavy atom. The summed E-state index contributed by atoms with van der Waals surface area (Å²) in [7, 11) is 3.22. The first-order valence-corrected chi connectivity index (χ1v) is 16.9. The molecule has 1 aliphatic heterocycles. The van der Waals surface area contributed by atoms with Crippen molar-refractivity contribution in [1.29, 1.82) is 0 Å². The van der Waals surface area contributed by atoms with E-state index in [9.17, 15) is 19.6 Å². The van der Waals surface area contributed by atoms with Crippen molar-refractivity contribution in [2.45, 2.75) is 36.9 Å². The van der Waals surface area contributed by atoms with E-state index in [0.717, 1.165) is 22.3 Å². The molecule has 53 heavy (non-hydrogen) atoms. The molecule has 6 aromatic rings. The Balaban J connectivity index is 1.13. The van der Waals surface area contributed by atoms with Crippen LogP contribution in [0.3, 0.4) is 0 Å². The number of benzene rings is 4. The van der Waals surface area contributed by atoms with E-state index in [1.807, 2.05) is 78.9 Å². The molecule has 3 atom stereocenters. The topological polar surface area (TPSA) is 153 Å². The molecule has 7 rings (SSSR count). The zero-order valence-corrected chi connectivity index (χ0v) is 28.9. The summed E-state index contributed by atoms with van der Waals surface area (Å²) >= 11 is 0. The lowest BCUT2D eigenvalue weighted by Gasteiger charge is -2.37. The number of hydrogen-bond acceptors (Lipinski definition) is 11. The number of aromatic nitrogens is 4.